The van der Waals surface area contributed by atoms with Gasteiger partial charge < -0.3 is 15.4 Å². The van der Waals surface area contributed by atoms with Gasteiger partial charge in [0.25, 0.3) is 0 Å². The van der Waals surface area contributed by atoms with Crippen LogP contribution in [0.2, 0.25) is 0 Å². The molecule has 0 amide bonds. The number of hydrogen-bond acceptors (Lipinski definition) is 5. The summed E-state index contributed by atoms with van der Waals surface area (Å²) in [5.41, 5.74) is 1.09. The molecule has 144 valence electrons. The molecule has 0 saturated heterocycles. The molecule has 0 fully saturated rings. The quantitative estimate of drug-likeness (QED) is 0.219. The fourth-order valence-electron chi connectivity index (χ4n) is 2.00. The van der Waals surface area contributed by atoms with E-state index in [1.807, 2.05) is 24.3 Å². The van der Waals surface area contributed by atoms with Crippen LogP contribution in [-0.2, 0) is 16.6 Å². The van der Waals surface area contributed by atoms with Crippen molar-refractivity contribution in [2.75, 3.05) is 27.2 Å². The van der Waals surface area contributed by atoms with Crippen LogP contribution in [0.5, 0.6) is 5.75 Å². The van der Waals surface area contributed by atoms with E-state index < -0.39 is 10.0 Å². The van der Waals surface area contributed by atoms with Crippen LogP contribution in [0.15, 0.2) is 51.0 Å². The second kappa shape index (κ2) is 11.4. The zero-order chi connectivity index (χ0) is 18.1. The Bertz CT molecular complexity index is 778. The van der Waals surface area contributed by atoms with Crippen molar-refractivity contribution in [2.45, 2.75) is 10.8 Å². The van der Waals surface area contributed by atoms with Gasteiger partial charge in [-0.25, -0.2) is 13.1 Å². The van der Waals surface area contributed by atoms with Gasteiger partial charge >= 0.3 is 0 Å². The number of methoxy groups -OCH3 is 1. The topological polar surface area (TPSA) is 91.8 Å². The van der Waals surface area contributed by atoms with E-state index in [-0.39, 0.29) is 30.5 Å². The highest BCUT2D eigenvalue weighted by Gasteiger charge is 2.13. The van der Waals surface area contributed by atoms with Gasteiger partial charge in [0, 0.05) is 26.7 Å². The molecule has 1 heterocycles. The van der Waals surface area contributed by atoms with Crippen molar-refractivity contribution in [2.24, 2.45) is 4.99 Å². The van der Waals surface area contributed by atoms with Crippen molar-refractivity contribution in [3.63, 3.8) is 0 Å². The number of rotatable bonds is 8. The SMILES string of the molecule is CN=C(NCCNS(=O)(=O)c1cccs1)NCc1ccc(OC)cc1.I. The van der Waals surface area contributed by atoms with Gasteiger partial charge in [-0.05, 0) is 29.1 Å². The number of benzene rings is 1. The maximum Gasteiger partial charge on any atom is 0.250 e. The highest BCUT2D eigenvalue weighted by Crippen LogP contribution is 2.14. The summed E-state index contributed by atoms with van der Waals surface area (Å²) >= 11 is 1.19. The van der Waals surface area contributed by atoms with Crippen molar-refractivity contribution in [3.8, 4) is 5.75 Å². The lowest BCUT2D eigenvalue weighted by atomic mass is 10.2. The van der Waals surface area contributed by atoms with Gasteiger partial charge in [-0.2, -0.15) is 0 Å². The van der Waals surface area contributed by atoms with Crippen LogP contribution in [0.4, 0.5) is 0 Å². The monoisotopic (exact) mass is 510 g/mol. The number of nitrogens with one attached hydrogen (secondary N) is 3. The minimum atomic E-state index is -3.43. The average Bonchev–Trinajstić information content (AvgIpc) is 3.17. The molecule has 7 nitrogen and oxygen atoms in total. The predicted molar refractivity (Wildman–Crippen MR) is 116 cm³/mol. The normalized spacial score (nSPS) is 11.5. The molecular weight excluding hydrogens is 487 g/mol. The maximum atomic E-state index is 12.0. The Kier molecular flexibility index (Phi) is 9.91. The summed E-state index contributed by atoms with van der Waals surface area (Å²) in [5.74, 6) is 1.41. The number of nitrogens with zero attached hydrogens (tertiary/aromatic N) is 1. The Balaban J connectivity index is 0.00000338. The summed E-state index contributed by atoms with van der Waals surface area (Å²) in [6.07, 6.45) is 0. The van der Waals surface area contributed by atoms with Crippen LogP contribution < -0.4 is 20.1 Å². The Hall–Kier alpha value is -1.37. The molecule has 10 heteroatoms. The molecule has 1 aromatic heterocycles. The molecule has 1 aromatic carbocycles. The second-order valence-electron chi connectivity index (χ2n) is 5.03. The third kappa shape index (κ3) is 7.09. The van der Waals surface area contributed by atoms with Gasteiger partial charge in [-0.15, -0.1) is 35.3 Å². The van der Waals surface area contributed by atoms with Crippen LogP contribution in [0.1, 0.15) is 5.56 Å². The Morgan fingerprint density at radius 1 is 1.15 bits per heavy atom. The first kappa shape index (κ1) is 22.7. The molecular formula is C16H23IN4O3S2. The van der Waals surface area contributed by atoms with Gasteiger partial charge in [0.05, 0.1) is 7.11 Å². The van der Waals surface area contributed by atoms with Crippen LogP contribution >= 0.6 is 35.3 Å². The number of thiophene rings is 1. The van der Waals surface area contributed by atoms with Gasteiger partial charge in [0.15, 0.2) is 5.96 Å². The van der Waals surface area contributed by atoms with Crippen molar-refractivity contribution >= 4 is 51.3 Å². The van der Waals surface area contributed by atoms with E-state index in [4.69, 9.17) is 4.74 Å². The minimum absolute atomic E-state index is 0. The molecule has 2 rings (SSSR count). The second-order valence-corrected chi connectivity index (χ2v) is 7.97. The Morgan fingerprint density at radius 3 is 2.46 bits per heavy atom. The van der Waals surface area contributed by atoms with E-state index in [0.29, 0.717) is 23.3 Å². The molecule has 0 aliphatic heterocycles. The van der Waals surface area contributed by atoms with Crippen molar-refractivity contribution in [3.05, 3.63) is 47.3 Å². The first-order chi connectivity index (χ1) is 12.0. The van der Waals surface area contributed by atoms with E-state index in [2.05, 4.69) is 20.3 Å². The highest BCUT2D eigenvalue weighted by atomic mass is 127. The number of guanidine groups is 1. The molecule has 26 heavy (non-hydrogen) atoms. The molecule has 0 aliphatic carbocycles. The maximum absolute atomic E-state index is 12.0. The number of hydrogen-bond donors (Lipinski definition) is 3. The highest BCUT2D eigenvalue weighted by molar-refractivity contribution is 14.0. The fourth-order valence-corrected chi connectivity index (χ4v) is 4.07. The van der Waals surface area contributed by atoms with Gasteiger partial charge in [0.2, 0.25) is 10.0 Å². The molecule has 0 atom stereocenters. The number of aliphatic imine (C=N–C) groups is 1. The summed E-state index contributed by atoms with van der Waals surface area (Å²) in [6, 6.07) is 11.0. The van der Waals surface area contributed by atoms with E-state index in [9.17, 15) is 8.42 Å². The molecule has 0 bridgehead atoms. The smallest absolute Gasteiger partial charge is 0.250 e. The van der Waals surface area contributed by atoms with Gasteiger partial charge in [-0.1, -0.05) is 18.2 Å². The summed E-state index contributed by atoms with van der Waals surface area (Å²) in [5, 5.41) is 7.98. The third-order valence-corrected chi connectivity index (χ3v) is 6.17. The summed E-state index contributed by atoms with van der Waals surface area (Å²) in [7, 11) is -0.131. The summed E-state index contributed by atoms with van der Waals surface area (Å²) in [4.78, 5) is 4.12. The molecule has 0 spiro atoms. The predicted octanol–water partition coefficient (Wildman–Crippen LogP) is 2.02. The fraction of sp³-hybridized carbons (Fsp3) is 0.312. The lowest BCUT2D eigenvalue weighted by Crippen LogP contribution is -2.41. The third-order valence-electron chi connectivity index (χ3n) is 3.31. The van der Waals surface area contributed by atoms with Crippen LogP contribution in [-0.4, -0.2) is 41.6 Å². The molecule has 0 radical (unpaired) electrons. The Labute approximate surface area is 175 Å². The Morgan fingerprint density at radius 2 is 1.88 bits per heavy atom. The summed E-state index contributed by atoms with van der Waals surface area (Å²) in [6.45, 7) is 1.29. The molecule has 2 aromatic rings. The zero-order valence-corrected chi connectivity index (χ0v) is 18.5. The first-order valence-electron chi connectivity index (χ1n) is 7.66. The largest absolute Gasteiger partial charge is 0.497 e. The van der Waals surface area contributed by atoms with Crippen LogP contribution in [0.3, 0.4) is 0 Å². The number of halogens is 1. The number of ether oxygens (including phenoxy) is 1. The summed E-state index contributed by atoms with van der Waals surface area (Å²) < 4.78 is 32.0. The van der Waals surface area contributed by atoms with E-state index in [1.54, 1.807) is 31.7 Å². The molecule has 0 saturated carbocycles. The molecule has 0 aliphatic rings. The van der Waals surface area contributed by atoms with E-state index in [0.717, 1.165) is 11.3 Å². The zero-order valence-electron chi connectivity index (χ0n) is 14.6. The van der Waals surface area contributed by atoms with Gasteiger partial charge in [-0.3, -0.25) is 4.99 Å². The van der Waals surface area contributed by atoms with Crippen molar-refractivity contribution in [1.29, 1.82) is 0 Å². The standard InChI is InChI=1S/C16H22N4O3S2.HI/c1-17-16(19-12-13-5-7-14(23-2)8-6-13)18-9-10-20-25(21,22)15-4-3-11-24-15;/h3-8,11,20H,9-10,12H2,1-2H3,(H2,17,18,19);1H. The lowest BCUT2D eigenvalue weighted by molar-refractivity contribution is 0.414. The van der Waals surface area contributed by atoms with Crippen molar-refractivity contribution in [1.82, 2.24) is 15.4 Å². The lowest BCUT2D eigenvalue weighted by Gasteiger charge is -2.12. The van der Waals surface area contributed by atoms with E-state index >= 15 is 0 Å². The number of sulfonamides is 1. The minimum Gasteiger partial charge on any atom is -0.497 e. The average molecular weight is 510 g/mol. The van der Waals surface area contributed by atoms with Crippen LogP contribution in [0.25, 0.3) is 0 Å². The first-order valence-corrected chi connectivity index (χ1v) is 10.0. The van der Waals surface area contributed by atoms with E-state index in [1.165, 1.54) is 11.3 Å². The van der Waals surface area contributed by atoms with Gasteiger partial charge in [0.1, 0.15) is 9.96 Å². The molecule has 0 unspecified atom stereocenters. The molecule has 3 N–H and O–H groups in total. The van der Waals surface area contributed by atoms with Crippen molar-refractivity contribution < 1.29 is 13.2 Å². The van der Waals surface area contributed by atoms with Crippen LogP contribution in [0, 0.1) is 0 Å².